The van der Waals surface area contributed by atoms with Crippen LogP contribution in [0.1, 0.15) is 17.9 Å². The summed E-state index contributed by atoms with van der Waals surface area (Å²) in [5, 5.41) is 16.5. The molecule has 2 aliphatic heterocycles. The van der Waals surface area contributed by atoms with E-state index in [1.807, 2.05) is 17.0 Å². The van der Waals surface area contributed by atoms with Crippen molar-refractivity contribution in [3.63, 3.8) is 0 Å². The Kier molecular flexibility index (Phi) is 4.68. The molecule has 5 heteroatoms. The zero-order chi connectivity index (χ0) is 17.0. The summed E-state index contributed by atoms with van der Waals surface area (Å²) in [7, 11) is 0. The third-order valence-electron chi connectivity index (χ3n) is 6.47. The average Bonchev–Trinajstić information content (AvgIpc) is 3.12. The minimum Gasteiger partial charge on any atom is -0.391 e. The molecular weight excluding hydrogens is 348 g/mol. The number of amides is 1. The van der Waals surface area contributed by atoms with Crippen molar-refractivity contribution in [3.8, 4) is 0 Å². The number of nitrogens with zero attached hydrogens (tertiary/aromatic N) is 1. The predicted octanol–water partition coefficient (Wildman–Crippen LogP) is 2.40. The van der Waals surface area contributed by atoms with E-state index >= 15 is 0 Å². The molecule has 138 valence electrons. The van der Waals surface area contributed by atoms with Crippen molar-refractivity contribution in [1.29, 1.82) is 0 Å². The largest absolute Gasteiger partial charge is 0.391 e. The number of carbonyl (C=O) groups excluding carboxylic acids is 1. The van der Waals surface area contributed by atoms with Crippen molar-refractivity contribution in [1.82, 2.24) is 10.2 Å². The van der Waals surface area contributed by atoms with Crippen molar-refractivity contribution in [2.24, 2.45) is 17.8 Å². The van der Waals surface area contributed by atoms with E-state index in [1.165, 1.54) is 16.3 Å². The van der Waals surface area contributed by atoms with Crippen LogP contribution in [0, 0.1) is 17.8 Å². The number of aliphatic hydroxyl groups is 1. The number of benzene rings is 2. The molecule has 2 heterocycles. The van der Waals surface area contributed by atoms with Gasteiger partial charge in [0.15, 0.2) is 0 Å². The highest BCUT2D eigenvalue weighted by Gasteiger charge is 2.58. The number of hydrogen-bond donors (Lipinski definition) is 2. The van der Waals surface area contributed by atoms with Gasteiger partial charge in [-0.3, -0.25) is 4.79 Å². The number of piperidine rings is 2. The summed E-state index contributed by atoms with van der Waals surface area (Å²) >= 11 is 0. The summed E-state index contributed by atoms with van der Waals surface area (Å²) in [6, 6.07) is 14.8. The van der Waals surface area contributed by atoms with Gasteiger partial charge in [-0.15, -0.1) is 12.4 Å². The summed E-state index contributed by atoms with van der Waals surface area (Å²) in [4.78, 5) is 14.6. The lowest BCUT2D eigenvalue weighted by atomic mass is 9.86. The van der Waals surface area contributed by atoms with Crippen molar-refractivity contribution < 1.29 is 9.90 Å². The number of hydrogen-bond acceptors (Lipinski definition) is 3. The SMILES string of the molecule is Cl.O=C(C1[C@H]2CNC[C@@H]12)N1CC[C@@H](c2ccc3ccccc3c2)[C@H](O)C1. The van der Waals surface area contributed by atoms with E-state index in [-0.39, 0.29) is 30.2 Å². The molecule has 1 amide bonds. The van der Waals surface area contributed by atoms with E-state index < -0.39 is 6.10 Å². The van der Waals surface area contributed by atoms with Gasteiger partial charge in [-0.05, 0) is 47.7 Å². The number of β-amino-alcohol motifs (C(OH)–C–C–N with tert-alkyl or cyclic N) is 1. The molecule has 2 saturated heterocycles. The minimum atomic E-state index is -0.476. The maximum atomic E-state index is 12.7. The number of fused-ring (bicyclic) bond motifs is 2. The molecule has 1 aliphatic carbocycles. The van der Waals surface area contributed by atoms with Gasteiger partial charge in [-0.2, -0.15) is 0 Å². The second-order valence-corrected chi connectivity index (χ2v) is 7.87. The highest BCUT2D eigenvalue weighted by molar-refractivity contribution is 5.85. The topological polar surface area (TPSA) is 52.6 Å². The summed E-state index contributed by atoms with van der Waals surface area (Å²) in [6.45, 7) is 3.20. The van der Waals surface area contributed by atoms with E-state index in [2.05, 4.69) is 35.6 Å². The Hall–Kier alpha value is -1.62. The van der Waals surface area contributed by atoms with Crippen LogP contribution in [0.15, 0.2) is 42.5 Å². The Labute approximate surface area is 160 Å². The molecule has 2 N–H and O–H groups in total. The molecule has 3 aliphatic rings. The van der Waals surface area contributed by atoms with Crippen molar-refractivity contribution in [2.75, 3.05) is 26.2 Å². The smallest absolute Gasteiger partial charge is 0.226 e. The van der Waals surface area contributed by atoms with Crippen molar-refractivity contribution in [3.05, 3.63) is 48.0 Å². The van der Waals surface area contributed by atoms with Gasteiger partial charge in [0.05, 0.1) is 6.10 Å². The predicted molar refractivity (Wildman–Crippen MR) is 104 cm³/mol. The summed E-state index contributed by atoms with van der Waals surface area (Å²) in [6.07, 6.45) is 0.363. The summed E-state index contributed by atoms with van der Waals surface area (Å²) in [5.41, 5.74) is 1.19. The van der Waals surface area contributed by atoms with Crippen LogP contribution >= 0.6 is 12.4 Å². The number of rotatable bonds is 2. The lowest BCUT2D eigenvalue weighted by Gasteiger charge is -2.36. The molecule has 0 radical (unpaired) electrons. The monoisotopic (exact) mass is 372 g/mol. The molecule has 0 spiro atoms. The zero-order valence-electron chi connectivity index (χ0n) is 14.7. The average molecular weight is 373 g/mol. The Balaban J connectivity index is 0.00000168. The van der Waals surface area contributed by atoms with Crippen molar-refractivity contribution >= 4 is 29.1 Å². The molecule has 2 aromatic carbocycles. The van der Waals surface area contributed by atoms with Crippen molar-refractivity contribution in [2.45, 2.75) is 18.4 Å². The molecule has 5 atom stereocenters. The molecule has 5 rings (SSSR count). The van der Waals surface area contributed by atoms with Crippen LogP contribution in [-0.2, 0) is 4.79 Å². The quantitative estimate of drug-likeness (QED) is 0.851. The van der Waals surface area contributed by atoms with Gasteiger partial charge in [-0.25, -0.2) is 0 Å². The first kappa shape index (κ1) is 17.8. The van der Waals surface area contributed by atoms with Crippen LogP contribution in [0.3, 0.4) is 0 Å². The van der Waals surface area contributed by atoms with E-state index in [1.54, 1.807) is 0 Å². The number of aliphatic hydroxyl groups excluding tert-OH is 1. The second-order valence-electron chi connectivity index (χ2n) is 7.87. The molecule has 0 bridgehead atoms. The first-order valence-electron chi connectivity index (χ1n) is 9.38. The van der Waals surface area contributed by atoms with Gasteiger partial charge >= 0.3 is 0 Å². The Morgan fingerprint density at radius 3 is 2.54 bits per heavy atom. The van der Waals surface area contributed by atoms with Gasteiger partial charge < -0.3 is 15.3 Å². The molecule has 1 unspecified atom stereocenters. The molecule has 4 nitrogen and oxygen atoms in total. The fraction of sp³-hybridized carbons (Fsp3) is 0.476. The van der Waals surface area contributed by atoms with Crippen LogP contribution in [0.2, 0.25) is 0 Å². The first-order chi connectivity index (χ1) is 12.2. The van der Waals surface area contributed by atoms with Crippen LogP contribution in [0.5, 0.6) is 0 Å². The minimum absolute atomic E-state index is 0. The molecule has 26 heavy (non-hydrogen) atoms. The van der Waals surface area contributed by atoms with Crippen LogP contribution in [0.25, 0.3) is 10.8 Å². The van der Waals surface area contributed by atoms with Gasteiger partial charge in [0.1, 0.15) is 0 Å². The van der Waals surface area contributed by atoms with Gasteiger partial charge in [-0.1, -0.05) is 42.5 Å². The Bertz CT molecular complexity index is 817. The lowest BCUT2D eigenvalue weighted by molar-refractivity contribution is -0.136. The van der Waals surface area contributed by atoms with Gasteiger partial charge in [0, 0.05) is 24.9 Å². The van der Waals surface area contributed by atoms with Gasteiger partial charge in [0.25, 0.3) is 0 Å². The molecule has 1 saturated carbocycles. The third-order valence-corrected chi connectivity index (χ3v) is 6.47. The highest BCUT2D eigenvalue weighted by Crippen LogP contribution is 2.50. The second kappa shape index (κ2) is 6.84. The number of likely N-dealkylation sites (tertiary alicyclic amines) is 1. The molecular formula is C21H25ClN2O2. The highest BCUT2D eigenvalue weighted by atomic mass is 35.5. The van der Waals surface area contributed by atoms with E-state index in [0.717, 1.165) is 26.1 Å². The van der Waals surface area contributed by atoms with E-state index in [9.17, 15) is 9.90 Å². The van der Waals surface area contributed by atoms with Crippen LogP contribution in [0.4, 0.5) is 0 Å². The fourth-order valence-electron chi connectivity index (χ4n) is 4.95. The maximum absolute atomic E-state index is 12.7. The fourth-order valence-corrected chi connectivity index (χ4v) is 4.95. The van der Waals surface area contributed by atoms with Gasteiger partial charge in [0.2, 0.25) is 5.91 Å². The standard InChI is InChI=1S/C21H24N2O2.ClH/c24-19-12-23(21(25)20-17-10-22-11-18(17)20)8-7-16(19)15-6-5-13-3-1-2-4-14(13)9-15;/h1-6,9,16-20,22,24H,7-8,10-12H2;1H/t16-,17-,18+,19+,20?;/m0./s1. The lowest BCUT2D eigenvalue weighted by Crippen LogP contribution is -2.47. The molecule has 2 aromatic rings. The first-order valence-corrected chi connectivity index (χ1v) is 9.38. The Morgan fingerprint density at radius 1 is 1.08 bits per heavy atom. The maximum Gasteiger partial charge on any atom is 0.226 e. The zero-order valence-corrected chi connectivity index (χ0v) is 15.5. The third kappa shape index (κ3) is 2.90. The summed E-state index contributed by atoms with van der Waals surface area (Å²) < 4.78 is 0. The van der Waals surface area contributed by atoms with E-state index in [0.29, 0.717) is 18.4 Å². The number of halogens is 1. The van der Waals surface area contributed by atoms with Crippen LogP contribution in [-0.4, -0.2) is 48.2 Å². The normalized spacial score (nSPS) is 32.8. The number of nitrogens with one attached hydrogen (secondary N) is 1. The molecule has 3 fully saturated rings. The molecule has 0 aromatic heterocycles. The van der Waals surface area contributed by atoms with E-state index in [4.69, 9.17) is 0 Å². The van der Waals surface area contributed by atoms with Crippen LogP contribution < -0.4 is 5.32 Å². The Morgan fingerprint density at radius 2 is 1.81 bits per heavy atom. The number of carbonyl (C=O) groups is 1. The summed E-state index contributed by atoms with van der Waals surface area (Å²) in [5.74, 6) is 1.69.